The first kappa shape index (κ1) is 24.6. The van der Waals surface area contributed by atoms with Crippen molar-refractivity contribution in [3.05, 3.63) is 64.4 Å². The zero-order valence-electron chi connectivity index (χ0n) is 16.6. The number of halogens is 4. The second-order valence-electron chi connectivity index (χ2n) is 7.15. The number of carboxylic acid groups (broad SMARTS) is 1. The molecule has 10 heteroatoms. The van der Waals surface area contributed by atoms with Crippen LogP contribution in [0, 0.1) is 5.92 Å². The number of carbonyl (C=O) groups is 2. The normalized spacial score (nSPS) is 15.6. The number of benzene rings is 1. The van der Waals surface area contributed by atoms with Crippen LogP contribution in [0.3, 0.4) is 0 Å². The predicted octanol–water partition coefficient (Wildman–Crippen LogP) is 3.88. The summed E-state index contributed by atoms with van der Waals surface area (Å²) in [6.07, 6.45) is -0.599. The van der Waals surface area contributed by atoms with Gasteiger partial charge in [-0.15, -0.1) is 0 Å². The van der Waals surface area contributed by atoms with Crippen LogP contribution in [0.2, 0.25) is 5.02 Å². The number of alkyl halides is 3. The van der Waals surface area contributed by atoms with Gasteiger partial charge >= 0.3 is 6.18 Å². The number of nitrogens with zero attached hydrogens (tertiary/aromatic N) is 2. The van der Waals surface area contributed by atoms with Crippen LogP contribution in [0.4, 0.5) is 13.2 Å². The molecule has 0 aliphatic carbocycles. The van der Waals surface area contributed by atoms with Crippen molar-refractivity contribution in [1.29, 1.82) is 0 Å². The molecule has 1 unspecified atom stereocenters. The van der Waals surface area contributed by atoms with Crippen LogP contribution in [0.5, 0.6) is 0 Å². The third kappa shape index (κ3) is 6.93. The summed E-state index contributed by atoms with van der Waals surface area (Å²) < 4.78 is 39.5. The lowest BCUT2D eigenvalue weighted by atomic mass is 9.86. The van der Waals surface area contributed by atoms with E-state index >= 15 is 0 Å². The van der Waals surface area contributed by atoms with Gasteiger partial charge in [-0.25, -0.2) is 0 Å². The molecule has 168 valence electrons. The molecule has 3 N–H and O–H groups in total. The molecule has 1 aliphatic heterocycles. The van der Waals surface area contributed by atoms with E-state index in [4.69, 9.17) is 27.2 Å². The Balaban J connectivity index is 0.00000107. The molecule has 0 bridgehead atoms. The molecule has 1 amide bonds. The van der Waals surface area contributed by atoms with Crippen LogP contribution in [0.15, 0.2) is 42.7 Å². The highest BCUT2D eigenvalue weighted by molar-refractivity contribution is 6.30. The monoisotopic (exact) mass is 457 g/mol. The van der Waals surface area contributed by atoms with Gasteiger partial charge in [0.1, 0.15) is 0 Å². The van der Waals surface area contributed by atoms with Crippen LogP contribution in [-0.4, -0.2) is 46.5 Å². The van der Waals surface area contributed by atoms with E-state index in [9.17, 15) is 18.0 Å². The molecule has 1 saturated heterocycles. The number of hydrogen-bond donors (Lipinski definition) is 2. The van der Waals surface area contributed by atoms with Crippen molar-refractivity contribution in [2.75, 3.05) is 13.1 Å². The molecule has 1 aliphatic rings. The molecule has 1 aromatic carbocycles. The highest BCUT2D eigenvalue weighted by Crippen LogP contribution is 2.32. The lowest BCUT2D eigenvalue weighted by Gasteiger charge is -2.35. The number of likely N-dealkylation sites (tertiary alicyclic amines) is 1. The maximum absolute atomic E-state index is 13.2. The molecule has 1 fully saturated rings. The first-order chi connectivity index (χ1) is 14.7. The van der Waals surface area contributed by atoms with E-state index in [-0.39, 0.29) is 18.4 Å². The summed E-state index contributed by atoms with van der Waals surface area (Å²) in [7, 11) is 0. The van der Waals surface area contributed by atoms with Crippen LogP contribution >= 0.6 is 11.6 Å². The highest BCUT2D eigenvalue weighted by Gasteiger charge is 2.37. The molecule has 6 nitrogen and oxygen atoms in total. The highest BCUT2D eigenvalue weighted by atomic mass is 35.5. The van der Waals surface area contributed by atoms with Gasteiger partial charge in [-0.1, -0.05) is 23.7 Å². The average Bonchev–Trinajstić information content (AvgIpc) is 2.73. The van der Waals surface area contributed by atoms with Crippen molar-refractivity contribution in [2.24, 2.45) is 11.7 Å². The van der Waals surface area contributed by atoms with Gasteiger partial charge in [-0.05, 0) is 48.9 Å². The Morgan fingerprint density at radius 3 is 2.55 bits per heavy atom. The fraction of sp³-hybridized carbons (Fsp3) is 0.381. The molecule has 1 aromatic heterocycles. The second-order valence-corrected chi connectivity index (χ2v) is 7.59. The summed E-state index contributed by atoms with van der Waals surface area (Å²) in [5.41, 5.74) is 6.03. The molecule has 0 saturated carbocycles. The maximum Gasteiger partial charge on any atom is 0.417 e. The Morgan fingerprint density at radius 1 is 1.32 bits per heavy atom. The third-order valence-corrected chi connectivity index (χ3v) is 5.38. The number of piperidine rings is 1. The minimum absolute atomic E-state index is 0.0974. The Hall–Kier alpha value is -2.65. The van der Waals surface area contributed by atoms with Gasteiger partial charge in [0.2, 0.25) is 0 Å². The first-order valence-corrected chi connectivity index (χ1v) is 9.93. The van der Waals surface area contributed by atoms with Gasteiger partial charge in [0, 0.05) is 36.5 Å². The molecule has 0 radical (unpaired) electrons. The van der Waals surface area contributed by atoms with Crippen molar-refractivity contribution in [3.63, 3.8) is 0 Å². The van der Waals surface area contributed by atoms with Crippen molar-refractivity contribution < 1.29 is 27.9 Å². The van der Waals surface area contributed by atoms with Crippen LogP contribution in [-0.2, 0) is 17.4 Å². The van der Waals surface area contributed by atoms with Gasteiger partial charge in [-0.3, -0.25) is 14.6 Å². The zero-order valence-corrected chi connectivity index (χ0v) is 17.3. The van der Waals surface area contributed by atoms with Crippen LogP contribution in [0.25, 0.3) is 0 Å². The maximum atomic E-state index is 13.2. The lowest BCUT2D eigenvalue weighted by molar-refractivity contribution is -0.138. The van der Waals surface area contributed by atoms with Crippen molar-refractivity contribution in [1.82, 2.24) is 9.88 Å². The minimum Gasteiger partial charge on any atom is -0.483 e. The van der Waals surface area contributed by atoms with Gasteiger partial charge in [-0.2, -0.15) is 13.2 Å². The molecule has 2 heterocycles. The molecule has 3 rings (SSSR count). The summed E-state index contributed by atoms with van der Waals surface area (Å²) in [5, 5.41) is 7.54. The zero-order chi connectivity index (χ0) is 23.0. The number of pyridine rings is 1. The largest absolute Gasteiger partial charge is 0.483 e. The first-order valence-electron chi connectivity index (χ1n) is 9.55. The number of aromatic nitrogens is 1. The quantitative estimate of drug-likeness (QED) is 0.679. The third-order valence-electron chi connectivity index (χ3n) is 5.15. The van der Waals surface area contributed by atoms with E-state index < -0.39 is 23.2 Å². The Bertz CT molecular complexity index is 887. The summed E-state index contributed by atoms with van der Waals surface area (Å²) in [6.45, 7) is 0.498. The lowest BCUT2D eigenvalue weighted by Crippen LogP contribution is -2.44. The fourth-order valence-corrected chi connectivity index (χ4v) is 3.83. The Kier molecular flexibility index (Phi) is 8.82. The van der Waals surface area contributed by atoms with Crippen LogP contribution < -0.4 is 5.73 Å². The van der Waals surface area contributed by atoms with E-state index in [1.165, 1.54) is 4.90 Å². The molecule has 31 heavy (non-hydrogen) atoms. The molecule has 1 atom stereocenters. The number of amides is 1. The van der Waals surface area contributed by atoms with Crippen molar-refractivity contribution in [3.8, 4) is 0 Å². The van der Waals surface area contributed by atoms with E-state index in [1.807, 2.05) is 18.2 Å². The fourth-order valence-electron chi connectivity index (χ4n) is 3.62. The number of nitrogens with two attached hydrogens (primary N) is 1. The second kappa shape index (κ2) is 11.1. The van der Waals surface area contributed by atoms with Gasteiger partial charge in [0.05, 0.1) is 11.1 Å². The van der Waals surface area contributed by atoms with Crippen molar-refractivity contribution in [2.45, 2.75) is 31.5 Å². The Labute approximate surface area is 182 Å². The van der Waals surface area contributed by atoms with Crippen LogP contribution in [0.1, 0.15) is 34.3 Å². The minimum atomic E-state index is -4.59. The smallest absolute Gasteiger partial charge is 0.417 e. The SMILES string of the molecule is NC(Cc1cccc(Cl)c1)C1CCN(C(=O)c2cnccc2C(F)(F)F)CC1.O=CO. The number of rotatable bonds is 4. The van der Waals surface area contributed by atoms with E-state index in [0.29, 0.717) is 37.4 Å². The van der Waals surface area contributed by atoms with E-state index in [2.05, 4.69) is 4.98 Å². The number of carbonyl (C=O) groups excluding carboxylic acids is 1. The van der Waals surface area contributed by atoms with Gasteiger partial charge in [0.15, 0.2) is 0 Å². The van der Waals surface area contributed by atoms with Crippen molar-refractivity contribution >= 4 is 24.0 Å². The molecule has 0 spiro atoms. The summed E-state index contributed by atoms with van der Waals surface area (Å²) in [6, 6.07) is 8.25. The topological polar surface area (TPSA) is 96.5 Å². The summed E-state index contributed by atoms with van der Waals surface area (Å²) in [4.78, 5) is 26.1. The van der Waals surface area contributed by atoms with Gasteiger partial charge < -0.3 is 15.7 Å². The predicted molar refractivity (Wildman–Crippen MR) is 110 cm³/mol. The Morgan fingerprint density at radius 2 is 1.97 bits per heavy atom. The molecular weight excluding hydrogens is 435 g/mol. The van der Waals surface area contributed by atoms with E-state index in [1.54, 1.807) is 6.07 Å². The summed E-state index contributed by atoms with van der Waals surface area (Å²) in [5.74, 6) is -0.443. The number of hydrogen-bond acceptors (Lipinski definition) is 4. The van der Waals surface area contributed by atoms with Gasteiger partial charge in [0.25, 0.3) is 12.4 Å². The molecule has 2 aromatic rings. The molecular formula is C21H23ClF3N3O3. The van der Waals surface area contributed by atoms with E-state index in [0.717, 1.165) is 24.0 Å². The summed E-state index contributed by atoms with van der Waals surface area (Å²) >= 11 is 6.00. The average molecular weight is 458 g/mol. The standard InChI is InChI=1S/C20H21ClF3N3O.CH2O2/c21-15-3-1-2-13(10-15)11-18(25)14-5-8-27(9-6-14)19(28)16-12-26-7-4-17(16)20(22,23)24;2-1-3/h1-4,7,10,12,14,18H,5-6,8-9,11,25H2;1H,(H,2,3).